The summed E-state index contributed by atoms with van der Waals surface area (Å²) in [5.41, 5.74) is 4.25. The first-order chi connectivity index (χ1) is 15.5. The average molecular weight is 564 g/mol. The molecule has 10 heteroatoms. The first-order valence-corrected chi connectivity index (χ1v) is 11.1. The third-order valence-corrected chi connectivity index (χ3v) is 5.75. The molecule has 1 aromatic carbocycles. The Balaban J connectivity index is 0.00000306. The van der Waals surface area contributed by atoms with Crippen molar-refractivity contribution in [1.29, 1.82) is 0 Å². The maximum Gasteiger partial charge on any atom is 0.192 e. The second-order valence-corrected chi connectivity index (χ2v) is 8.22. The molecule has 33 heavy (non-hydrogen) atoms. The number of nitrogens with one attached hydrogen (secondary N) is 2. The fourth-order valence-corrected chi connectivity index (χ4v) is 3.85. The van der Waals surface area contributed by atoms with E-state index in [1.54, 1.807) is 0 Å². The van der Waals surface area contributed by atoms with Crippen molar-refractivity contribution in [3.63, 3.8) is 0 Å². The summed E-state index contributed by atoms with van der Waals surface area (Å²) in [5.74, 6) is 2.47. The number of aromatic nitrogens is 5. The largest absolute Gasteiger partial charge is 0.376 e. The molecule has 0 saturated carbocycles. The van der Waals surface area contributed by atoms with Crippen LogP contribution in [-0.2, 0) is 24.9 Å². The van der Waals surface area contributed by atoms with Crippen molar-refractivity contribution in [2.75, 3.05) is 13.2 Å². The number of halogens is 1. The van der Waals surface area contributed by atoms with Crippen LogP contribution in [0.2, 0.25) is 0 Å². The van der Waals surface area contributed by atoms with Gasteiger partial charge in [-0.1, -0.05) is 18.2 Å². The van der Waals surface area contributed by atoms with Gasteiger partial charge in [0.1, 0.15) is 5.82 Å². The minimum atomic E-state index is 0. The lowest BCUT2D eigenvalue weighted by Gasteiger charge is -2.16. The molecule has 2 aromatic heterocycles. The number of hydrogen-bond donors (Lipinski definition) is 2. The Morgan fingerprint density at radius 2 is 2.00 bits per heavy atom. The van der Waals surface area contributed by atoms with Gasteiger partial charge in [0, 0.05) is 25.9 Å². The van der Waals surface area contributed by atoms with Gasteiger partial charge in [-0.2, -0.15) is 5.10 Å². The molecule has 0 spiro atoms. The van der Waals surface area contributed by atoms with Crippen molar-refractivity contribution < 1.29 is 4.74 Å². The van der Waals surface area contributed by atoms with Crippen molar-refractivity contribution in [1.82, 2.24) is 35.2 Å². The van der Waals surface area contributed by atoms with Crippen LogP contribution < -0.4 is 10.6 Å². The van der Waals surface area contributed by atoms with E-state index in [9.17, 15) is 0 Å². The van der Waals surface area contributed by atoms with Crippen LogP contribution in [0.15, 0.2) is 35.3 Å². The molecule has 3 aromatic rings. The molecular formula is C23H33IN8O. The van der Waals surface area contributed by atoms with E-state index < -0.39 is 0 Å². The maximum atomic E-state index is 5.76. The smallest absolute Gasteiger partial charge is 0.192 e. The van der Waals surface area contributed by atoms with Gasteiger partial charge in [0.2, 0.25) is 0 Å². The summed E-state index contributed by atoms with van der Waals surface area (Å²) in [6.45, 7) is 8.63. The Bertz CT molecular complexity index is 1080. The maximum absolute atomic E-state index is 5.76. The highest BCUT2D eigenvalue weighted by molar-refractivity contribution is 14.0. The topological polar surface area (TPSA) is 94.2 Å². The summed E-state index contributed by atoms with van der Waals surface area (Å²) in [6, 6.07) is 10.3. The van der Waals surface area contributed by atoms with E-state index in [4.69, 9.17) is 9.73 Å². The average Bonchev–Trinajstić information content (AvgIpc) is 3.50. The highest BCUT2D eigenvalue weighted by atomic mass is 127. The highest BCUT2D eigenvalue weighted by Crippen LogP contribution is 2.18. The number of para-hydroxylation sites is 1. The minimum Gasteiger partial charge on any atom is -0.376 e. The molecule has 0 bridgehead atoms. The number of benzene rings is 1. The van der Waals surface area contributed by atoms with Crippen LogP contribution >= 0.6 is 24.0 Å². The molecule has 1 unspecified atom stereocenters. The summed E-state index contributed by atoms with van der Waals surface area (Å²) >= 11 is 0. The number of hydrogen-bond acceptors (Lipinski definition) is 5. The monoisotopic (exact) mass is 564 g/mol. The quantitative estimate of drug-likeness (QED) is 0.261. The van der Waals surface area contributed by atoms with E-state index in [0.717, 1.165) is 66.2 Å². The zero-order chi connectivity index (χ0) is 22.5. The van der Waals surface area contributed by atoms with Crippen molar-refractivity contribution in [2.45, 2.75) is 52.8 Å². The zero-order valence-electron chi connectivity index (χ0n) is 19.7. The lowest BCUT2D eigenvalue weighted by Crippen LogP contribution is -2.41. The van der Waals surface area contributed by atoms with Gasteiger partial charge in [-0.25, -0.2) is 9.67 Å². The minimum absolute atomic E-state index is 0. The van der Waals surface area contributed by atoms with Crippen molar-refractivity contribution >= 4 is 29.9 Å². The predicted octanol–water partition coefficient (Wildman–Crippen LogP) is 2.96. The lowest BCUT2D eigenvalue weighted by atomic mass is 10.2. The van der Waals surface area contributed by atoms with Crippen LogP contribution in [0.5, 0.6) is 0 Å². The first-order valence-electron chi connectivity index (χ1n) is 11.1. The van der Waals surface area contributed by atoms with Crippen molar-refractivity contribution in [2.24, 2.45) is 12.0 Å². The molecule has 2 N–H and O–H groups in total. The van der Waals surface area contributed by atoms with Gasteiger partial charge in [0.15, 0.2) is 11.8 Å². The Kier molecular flexibility index (Phi) is 8.84. The third kappa shape index (κ3) is 6.32. The van der Waals surface area contributed by atoms with Gasteiger partial charge in [0.25, 0.3) is 0 Å². The van der Waals surface area contributed by atoms with E-state index in [2.05, 4.69) is 51.1 Å². The molecule has 0 amide bonds. The molecule has 1 aliphatic heterocycles. The van der Waals surface area contributed by atoms with Crippen LogP contribution in [0, 0.1) is 20.8 Å². The Labute approximate surface area is 212 Å². The number of aryl methyl sites for hydroxylation is 3. The molecule has 1 atom stereocenters. The van der Waals surface area contributed by atoms with Gasteiger partial charge in [-0.3, -0.25) is 0 Å². The number of guanidine groups is 1. The summed E-state index contributed by atoms with van der Waals surface area (Å²) < 4.78 is 9.72. The summed E-state index contributed by atoms with van der Waals surface area (Å²) in [4.78, 5) is 4.87. The lowest BCUT2D eigenvalue weighted by molar-refractivity contribution is 0.113. The van der Waals surface area contributed by atoms with Gasteiger partial charge >= 0.3 is 0 Å². The van der Waals surface area contributed by atoms with Crippen LogP contribution in [0.1, 0.15) is 41.4 Å². The summed E-state index contributed by atoms with van der Waals surface area (Å²) in [6.07, 6.45) is 2.41. The highest BCUT2D eigenvalue weighted by Gasteiger charge is 2.16. The zero-order valence-corrected chi connectivity index (χ0v) is 22.0. The molecule has 1 saturated heterocycles. The van der Waals surface area contributed by atoms with Crippen LogP contribution in [0.4, 0.5) is 0 Å². The Hall–Kier alpha value is -2.47. The molecule has 178 valence electrons. The number of nitrogens with zero attached hydrogens (tertiary/aromatic N) is 6. The number of rotatable bonds is 7. The second-order valence-electron chi connectivity index (χ2n) is 8.22. The third-order valence-electron chi connectivity index (χ3n) is 5.75. The Morgan fingerprint density at radius 1 is 1.18 bits per heavy atom. The molecule has 3 heterocycles. The van der Waals surface area contributed by atoms with E-state index >= 15 is 0 Å². The second kappa shape index (κ2) is 11.6. The van der Waals surface area contributed by atoms with Crippen LogP contribution in [0.3, 0.4) is 0 Å². The van der Waals surface area contributed by atoms with Crippen molar-refractivity contribution in [3.05, 3.63) is 58.9 Å². The molecule has 0 aliphatic carbocycles. The summed E-state index contributed by atoms with van der Waals surface area (Å²) in [5, 5.41) is 19.9. The van der Waals surface area contributed by atoms with Crippen LogP contribution in [-0.4, -0.2) is 49.8 Å². The number of aliphatic imine (C=N–C) groups is 1. The van der Waals surface area contributed by atoms with E-state index in [0.29, 0.717) is 13.1 Å². The van der Waals surface area contributed by atoms with Gasteiger partial charge < -0.3 is 19.9 Å². The van der Waals surface area contributed by atoms with E-state index in [-0.39, 0.29) is 30.1 Å². The van der Waals surface area contributed by atoms with Gasteiger partial charge in [-0.05, 0) is 51.3 Å². The molecular weight excluding hydrogens is 531 g/mol. The van der Waals surface area contributed by atoms with E-state index in [1.165, 1.54) is 0 Å². The van der Waals surface area contributed by atoms with Crippen LogP contribution in [0.25, 0.3) is 5.69 Å². The molecule has 9 nitrogen and oxygen atoms in total. The first kappa shape index (κ1) is 25.2. The Morgan fingerprint density at radius 3 is 2.67 bits per heavy atom. The van der Waals surface area contributed by atoms with E-state index in [1.807, 2.05) is 42.3 Å². The van der Waals surface area contributed by atoms with Gasteiger partial charge in [-0.15, -0.1) is 34.2 Å². The normalized spacial score (nSPS) is 16.0. The molecule has 0 radical (unpaired) electrons. The summed E-state index contributed by atoms with van der Waals surface area (Å²) in [7, 11) is 1.97. The molecule has 1 aliphatic rings. The molecule has 4 rings (SSSR count). The fraction of sp³-hybridized carbons (Fsp3) is 0.478. The SMILES string of the molecule is Cc1cc(C)n(-c2ccccc2CN=C(NCc2nnc(C)n2C)NCC2CCCO2)n1.I. The van der Waals surface area contributed by atoms with Crippen molar-refractivity contribution in [3.8, 4) is 5.69 Å². The molecule has 1 fully saturated rings. The predicted molar refractivity (Wildman–Crippen MR) is 139 cm³/mol. The van der Waals surface area contributed by atoms with Gasteiger partial charge in [0.05, 0.1) is 30.6 Å². The number of ether oxygens (including phenoxy) is 1. The fourth-order valence-electron chi connectivity index (χ4n) is 3.85. The standard InChI is InChI=1S/C23H32N8O.HI/c1-16-12-17(2)31(29-16)21-10-6-5-8-19(21)13-24-23(25-14-20-9-7-11-32-20)26-15-22-28-27-18(3)30(22)4;/h5-6,8,10,12,20H,7,9,11,13-15H2,1-4H3,(H2,24,25,26);1H.